The number of furan rings is 1. The number of nitrogen functional groups attached to an aromatic ring is 1. The number of carbonyl (C=O) groups is 2. The van der Waals surface area contributed by atoms with E-state index >= 15 is 0 Å². The normalized spacial score (nSPS) is 10.6. The zero-order valence-corrected chi connectivity index (χ0v) is 15.2. The van der Waals surface area contributed by atoms with E-state index in [0.29, 0.717) is 13.0 Å². The zero-order chi connectivity index (χ0) is 20.0. The van der Waals surface area contributed by atoms with Gasteiger partial charge in [-0.3, -0.25) is 19.1 Å². The summed E-state index contributed by atoms with van der Waals surface area (Å²) in [6.45, 7) is 3.37. The number of ether oxygens (including phenoxy) is 1. The van der Waals surface area contributed by atoms with Gasteiger partial charge in [0.1, 0.15) is 5.82 Å². The molecule has 10 nitrogen and oxygen atoms in total. The van der Waals surface area contributed by atoms with Gasteiger partial charge < -0.3 is 19.8 Å². The van der Waals surface area contributed by atoms with Crippen molar-refractivity contribution in [1.29, 1.82) is 0 Å². The Kier molecular flexibility index (Phi) is 6.58. The number of nitrogens with two attached hydrogens (primary N) is 1. The molecule has 2 heterocycles. The van der Waals surface area contributed by atoms with Gasteiger partial charge in [0.05, 0.1) is 6.26 Å². The molecule has 0 aromatic carbocycles. The second-order valence-corrected chi connectivity index (χ2v) is 5.69. The van der Waals surface area contributed by atoms with Crippen molar-refractivity contribution in [3.63, 3.8) is 0 Å². The summed E-state index contributed by atoms with van der Waals surface area (Å²) in [5.74, 6) is -1.62. The first-order valence-corrected chi connectivity index (χ1v) is 8.54. The number of rotatable bonds is 8. The predicted molar refractivity (Wildman–Crippen MR) is 97.7 cm³/mol. The molecule has 2 aromatic rings. The van der Waals surface area contributed by atoms with Crippen LogP contribution in [0.2, 0.25) is 0 Å². The molecule has 0 fully saturated rings. The van der Waals surface area contributed by atoms with Gasteiger partial charge in [0, 0.05) is 13.1 Å². The molecule has 0 spiro atoms. The van der Waals surface area contributed by atoms with Gasteiger partial charge in [-0.2, -0.15) is 0 Å². The Labute approximate surface area is 154 Å². The van der Waals surface area contributed by atoms with Gasteiger partial charge in [0.2, 0.25) is 5.76 Å². The van der Waals surface area contributed by atoms with E-state index in [0.717, 1.165) is 11.3 Å². The molecular weight excluding hydrogens is 356 g/mol. The number of anilines is 2. The molecule has 0 bridgehead atoms. The Morgan fingerprint density at radius 1 is 1.33 bits per heavy atom. The number of aromatic nitrogens is 2. The molecule has 3 N–H and O–H groups in total. The van der Waals surface area contributed by atoms with Gasteiger partial charge in [0.15, 0.2) is 12.3 Å². The standard InChI is InChI=1S/C17H22N4O6/c1-3-5-8-21-14(18)13(15(23)19-17(21)25)20(4-2)12(22)10-27-16(24)11-7-6-9-26-11/h6-7,9H,3-5,8,10,18H2,1-2H3,(H,19,23,25). The molecule has 27 heavy (non-hydrogen) atoms. The highest BCUT2D eigenvalue weighted by Gasteiger charge is 2.24. The predicted octanol–water partition coefficient (Wildman–Crippen LogP) is 0.722. The van der Waals surface area contributed by atoms with E-state index in [9.17, 15) is 19.2 Å². The number of nitrogens with one attached hydrogen (secondary N) is 1. The van der Waals surface area contributed by atoms with Crippen molar-refractivity contribution in [1.82, 2.24) is 9.55 Å². The fourth-order valence-corrected chi connectivity index (χ4v) is 2.51. The number of hydrogen-bond acceptors (Lipinski definition) is 7. The lowest BCUT2D eigenvalue weighted by molar-refractivity contribution is -0.121. The minimum atomic E-state index is -0.806. The van der Waals surface area contributed by atoms with Crippen LogP contribution in [0.4, 0.5) is 11.5 Å². The lowest BCUT2D eigenvalue weighted by atomic mass is 10.3. The Morgan fingerprint density at radius 3 is 2.67 bits per heavy atom. The average molecular weight is 378 g/mol. The van der Waals surface area contributed by atoms with Crippen LogP contribution in [0.1, 0.15) is 37.2 Å². The largest absolute Gasteiger partial charge is 0.457 e. The molecule has 0 saturated heterocycles. The first-order chi connectivity index (χ1) is 12.9. The number of carbonyl (C=O) groups excluding carboxylic acids is 2. The molecule has 0 aliphatic heterocycles. The number of unbranched alkanes of at least 4 members (excludes halogenated alkanes) is 1. The lowest BCUT2D eigenvalue weighted by Gasteiger charge is -2.22. The van der Waals surface area contributed by atoms with Crippen molar-refractivity contribution in [3.05, 3.63) is 45.0 Å². The molecule has 0 saturated carbocycles. The first-order valence-electron chi connectivity index (χ1n) is 8.54. The maximum absolute atomic E-state index is 12.5. The number of hydrogen-bond donors (Lipinski definition) is 2. The van der Waals surface area contributed by atoms with Gasteiger partial charge in [-0.1, -0.05) is 13.3 Å². The van der Waals surface area contributed by atoms with Crippen LogP contribution < -0.4 is 21.9 Å². The summed E-state index contributed by atoms with van der Waals surface area (Å²) in [6.07, 6.45) is 2.80. The fraction of sp³-hybridized carbons (Fsp3) is 0.412. The highest BCUT2D eigenvalue weighted by molar-refractivity contribution is 5.98. The van der Waals surface area contributed by atoms with Crippen molar-refractivity contribution >= 4 is 23.4 Å². The average Bonchev–Trinajstić information content (AvgIpc) is 3.17. The van der Waals surface area contributed by atoms with E-state index in [1.54, 1.807) is 6.92 Å². The van der Waals surface area contributed by atoms with Crippen LogP contribution in [0.3, 0.4) is 0 Å². The summed E-state index contributed by atoms with van der Waals surface area (Å²) in [5.41, 5.74) is 4.44. The molecule has 10 heteroatoms. The van der Waals surface area contributed by atoms with E-state index in [2.05, 4.69) is 4.98 Å². The maximum atomic E-state index is 12.5. The van der Waals surface area contributed by atoms with Gasteiger partial charge in [-0.05, 0) is 25.5 Å². The highest BCUT2D eigenvalue weighted by atomic mass is 16.5. The topological polar surface area (TPSA) is 141 Å². The Balaban J connectivity index is 2.25. The smallest absolute Gasteiger partial charge is 0.374 e. The summed E-state index contributed by atoms with van der Waals surface area (Å²) >= 11 is 0. The van der Waals surface area contributed by atoms with Crippen molar-refractivity contribution in [2.45, 2.75) is 33.2 Å². The Bertz CT molecular complexity index is 912. The van der Waals surface area contributed by atoms with Crippen LogP contribution in [-0.2, 0) is 16.1 Å². The second-order valence-electron chi connectivity index (χ2n) is 5.69. The number of aromatic amines is 1. The third-order valence-corrected chi connectivity index (χ3v) is 3.89. The summed E-state index contributed by atoms with van der Waals surface area (Å²) < 4.78 is 11.0. The summed E-state index contributed by atoms with van der Waals surface area (Å²) in [5, 5.41) is 0. The van der Waals surface area contributed by atoms with Gasteiger partial charge in [-0.25, -0.2) is 9.59 Å². The van der Waals surface area contributed by atoms with Crippen LogP contribution in [0.25, 0.3) is 0 Å². The van der Waals surface area contributed by atoms with E-state index in [1.807, 2.05) is 6.92 Å². The number of likely N-dealkylation sites (N-methyl/N-ethyl adjacent to an activating group) is 1. The van der Waals surface area contributed by atoms with Crippen LogP contribution in [0.5, 0.6) is 0 Å². The Morgan fingerprint density at radius 2 is 2.07 bits per heavy atom. The fourth-order valence-electron chi connectivity index (χ4n) is 2.51. The molecule has 2 aromatic heterocycles. The lowest BCUT2D eigenvalue weighted by Crippen LogP contribution is -2.42. The third-order valence-electron chi connectivity index (χ3n) is 3.89. The van der Waals surface area contributed by atoms with Crippen LogP contribution >= 0.6 is 0 Å². The number of nitrogens with zero attached hydrogens (tertiary/aromatic N) is 2. The molecule has 0 aliphatic carbocycles. The molecule has 2 rings (SSSR count). The summed E-state index contributed by atoms with van der Waals surface area (Å²) in [7, 11) is 0. The molecule has 1 amide bonds. The Hall–Kier alpha value is -3.30. The maximum Gasteiger partial charge on any atom is 0.374 e. The minimum absolute atomic E-state index is 0.0451. The quantitative estimate of drug-likeness (QED) is 0.645. The number of H-pyrrole nitrogens is 1. The molecule has 0 aliphatic rings. The van der Waals surface area contributed by atoms with Crippen molar-refractivity contribution in [2.75, 3.05) is 23.8 Å². The highest BCUT2D eigenvalue weighted by Crippen LogP contribution is 2.17. The van der Waals surface area contributed by atoms with E-state index < -0.39 is 29.7 Å². The second kappa shape index (κ2) is 8.88. The van der Waals surface area contributed by atoms with E-state index in [4.69, 9.17) is 14.9 Å². The molecule has 0 unspecified atom stereocenters. The van der Waals surface area contributed by atoms with E-state index in [1.165, 1.54) is 23.0 Å². The third kappa shape index (κ3) is 4.46. The molecule has 0 radical (unpaired) electrons. The van der Waals surface area contributed by atoms with Crippen LogP contribution in [0.15, 0.2) is 32.4 Å². The van der Waals surface area contributed by atoms with Gasteiger partial charge in [-0.15, -0.1) is 0 Å². The monoisotopic (exact) mass is 378 g/mol. The molecule has 0 atom stereocenters. The van der Waals surface area contributed by atoms with Crippen molar-refractivity contribution < 1.29 is 18.7 Å². The van der Waals surface area contributed by atoms with Crippen molar-refractivity contribution in [2.24, 2.45) is 0 Å². The summed E-state index contributed by atoms with van der Waals surface area (Å²) in [6, 6.07) is 2.91. The van der Waals surface area contributed by atoms with Gasteiger partial charge in [0.25, 0.3) is 11.5 Å². The number of esters is 1. The van der Waals surface area contributed by atoms with Gasteiger partial charge >= 0.3 is 11.7 Å². The first kappa shape index (κ1) is 20.0. The van der Waals surface area contributed by atoms with E-state index in [-0.39, 0.29) is 23.8 Å². The van der Waals surface area contributed by atoms with Crippen molar-refractivity contribution in [3.8, 4) is 0 Å². The molecular formula is C17H22N4O6. The molecule has 146 valence electrons. The zero-order valence-electron chi connectivity index (χ0n) is 15.2. The SMILES string of the molecule is CCCCn1c(N)c(N(CC)C(=O)COC(=O)c2ccco2)c(=O)[nH]c1=O. The summed E-state index contributed by atoms with van der Waals surface area (Å²) in [4.78, 5) is 51.8. The van der Waals surface area contributed by atoms with Crippen LogP contribution in [-0.4, -0.2) is 34.6 Å². The minimum Gasteiger partial charge on any atom is -0.457 e. The number of amides is 1. The van der Waals surface area contributed by atoms with Crippen LogP contribution in [0, 0.1) is 0 Å².